The van der Waals surface area contributed by atoms with Crippen molar-refractivity contribution < 1.29 is 25.2 Å². The number of hydrogen-bond acceptors (Lipinski definition) is 5. The summed E-state index contributed by atoms with van der Waals surface area (Å²) in [5.41, 5.74) is 5.12. The van der Waals surface area contributed by atoms with Crippen LogP contribution in [0.5, 0.6) is 11.5 Å². The highest BCUT2D eigenvalue weighted by molar-refractivity contribution is 6.35. The zero-order valence-corrected chi connectivity index (χ0v) is 19.6. The molecule has 2 atom stereocenters. The number of hydrogen-bond donors (Lipinski definition) is 4. The van der Waals surface area contributed by atoms with Gasteiger partial charge >= 0.3 is 0 Å². The van der Waals surface area contributed by atoms with E-state index in [-0.39, 0.29) is 36.0 Å². The Balaban J connectivity index is 2.09. The van der Waals surface area contributed by atoms with Gasteiger partial charge < -0.3 is 25.2 Å². The van der Waals surface area contributed by atoms with Gasteiger partial charge in [0.2, 0.25) is 0 Å². The molecule has 0 bridgehead atoms. The maximum Gasteiger partial charge on any atom is 0.140 e. The Hall–Kier alpha value is -1.98. The van der Waals surface area contributed by atoms with Crippen LogP contribution in [0.2, 0.25) is 10.0 Å². The van der Waals surface area contributed by atoms with Gasteiger partial charge in [-0.1, -0.05) is 48.7 Å². The molecule has 0 aromatic heterocycles. The molecule has 0 saturated heterocycles. The Morgan fingerprint density at radius 1 is 1.12 bits per heavy atom. The van der Waals surface area contributed by atoms with Gasteiger partial charge in [0.1, 0.15) is 18.1 Å². The fraction of sp³-hybridized carbons (Fsp3) is 0.400. The zero-order chi connectivity index (χ0) is 23.5. The monoisotopic (exact) mass is 480 g/mol. The van der Waals surface area contributed by atoms with E-state index in [1.54, 1.807) is 30.3 Å². The SMILES string of the molecule is CCCCC(=C=CC[C@@H](O)c1ccc(OCCO)cc1)C[C@@H](O)c1cc(Cl)cc(Cl)c1O. The van der Waals surface area contributed by atoms with Crippen molar-refractivity contribution in [3.05, 3.63) is 75.0 Å². The highest BCUT2D eigenvalue weighted by Gasteiger charge is 2.17. The van der Waals surface area contributed by atoms with Crippen molar-refractivity contribution in [2.24, 2.45) is 0 Å². The van der Waals surface area contributed by atoms with E-state index in [4.69, 9.17) is 33.0 Å². The van der Waals surface area contributed by atoms with E-state index in [9.17, 15) is 15.3 Å². The van der Waals surface area contributed by atoms with Crippen molar-refractivity contribution >= 4 is 23.2 Å². The van der Waals surface area contributed by atoms with Gasteiger partial charge in [0.05, 0.1) is 23.8 Å². The number of ether oxygens (including phenoxy) is 1. The van der Waals surface area contributed by atoms with E-state index in [2.05, 4.69) is 12.7 Å². The molecule has 0 spiro atoms. The third-order valence-electron chi connectivity index (χ3n) is 4.96. The number of phenols is 1. The van der Waals surface area contributed by atoms with Crippen LogP contribution in [0.15, 0.2) is 53.8 Å². The van der Waals surface area contributed by atoms with Gasteiger partial charge in [-0.2, -0.15) is 0 Å². The minimum Gasteiger partial charge on any atom is -0.506 e. The maximum absolute atomic E-state index is 10.7. The van der Waals surface area contributed by atoms with Gasteiger partial charge in [0, 0.05) is 23.4 Å². The predicted molar refractivity (Wildman–Crippen MR) is 127 cm³/mol. The number of benzene rings is 2. The predicted octanol–water partition coefficient (Wildman–Crippen LogP) is 5.89. The van der Waals surface area contributed by atoms with Gasteiger partial charge in [-0.15, -0.1) is 5.73 Å². The van der Waals surface area contributed by atoms with Crippen molar-refractivity contribution in [2.45, 2.75) is 51.2 Å². The first-order chi connectivity index (χ1) is 15.3. The van der Waals surface area contributed by atoms with Crippen LogP contribution in [0, 0.1) is 0 Å². The lowest BCUT2D eigenvalue weighted by molar-refractivity contribution is 0.173. The third kappa shape index (κ3) is 8.18. The van der Waals surface area contributed by atoms with Crippen LogP contribution in [-0.4, -0.2) is 33.6 Å². The van der Waals surface area contributed by atoms with E-state index in [1.807, 2.05) is 0 Å². The zero-order valence-electron chi connectivity index (χ0n) is 18.1. The molecule has 0 fully saturated rings. The molecule has 4 N–H and O–H groups in total. The lowest BCUT2D eigenvalue weighted by Gasteiger charge is -2.15. The molecule has 0 unspecified atom stereocenters. The quantitative estimate of drug-likeness (QED) is 0.284. The first-order valence-corrected chi connectivity index (χ1v) is 11.4. The average molecular weight is 481 g/mol. The van der Waals surface area contributed by atoms with Crippen LogP contribution in [0.25, 0.3) is 0 Å². The molecule has 7 heteroatoms. The summed E-state index contributed by atoms with van der Waals surface area (Å²) in [4.78, 5) is 0. The summed E-state index contributed by atoms with van der Waals surface area (Å²) in [6, 6.07) is 9.99. The summed E-state index contributed by atoms with van der Waals surface area (Å²) >= 11 is 12.0. The second-order valence-electron chi connectivity index (χ2n) is 7.49. The summed E-state index contributed by atoms with van der Waals surface area (Å²) in [5, 5.41) is 40.5. The smallest absolute Gasteiger partial charge is 0.140 e. The molecule has 174 valence electrons. The normalized spacial score (nSPS) is 12.7. The number of aliphatic hydroxyl groups is 3. The molecule has 0 radical (unpaired) electrons. The molecule has 2 rings (SSSR count). The standard InChI is InChI=1S/C25H30Cl2O5/c1-2-3-5-17(14-24(30)21-15-19(26)16-22(27)25(21)31)6-4-7-23(29)18-8-10-20(11-9-18)32-13-12-28/h4,8-11,15-16,23-24,28-31H,2-3,5,7,12-14H2,1H3/t6?,23-,24-/m1/s1. The molecule has 0 amide bonds. The Kier molecular flexibility index (Phi) is 11.1. The molecule has 5 nitrogen and oxygen atoms in total. The van der Waals surface area contributed by atoms with Crippen molar-refractivity contribution in [1.82, 2.24) is 0 Å². The third-order valence-corrected chi connectivity index (χ3v) is 5.47. The topological polar surface area (TPSA) is 90.2 Å². The first-order valence-electron chi connectivity index (χ1n) is 10.7. The van der Waals surface area contributed by atoms with Gasteiger partial charge in [0.15, 0.2) is 0 Å². The van der Waals surface area contributed by atoms with Crippen LogP contribution >= 0.6 is 23.2 Å². The molecule has 2 aromatic rings. The largest absolute Gasteiger partial charge is 0.506 e. The first kappa shape index (κ1) is 26.3. The molecule has 0 aliphatic carbocycles. The minimum atomic E-state index is -0.977. The number of aliphatic hydroxyl groups excluding tert-OH is 3. The second kappa shape index (κ2) is 13.5. The Morgan fingerprint density at radius 3 is 2.50 bits per heavy atom. The lowest BCUT2D eigenvalue weighted by atomic mass is 9.97. The molecule has 0 heterocycles. The maximum atomic E-state index is 10.7. The van der Waals surface area contributed by atoms with Crippen LogP contribution in [0.4, 0.5) is 0 Å². The summed E-state index contributed by atoms with van der Waals surface area (Å²) in [7, 11) is 0. The summed E-state index contributed by atoms with van der Waals surface area (Å²) in [5.74, 6) is 0.454. The van der Waals surface area contributed by atoms with Gasteiger partial charge in [-0.3, -0.25) is 0 Å². The Labute approximate surface area is 199 Å². The number of halogens is 2. The molecular weight excluding hydrogens is 451 g/mol. The molecule has 0 aliphatic rings. The number of unbranched alkanes of at least 4 members (excludes halogenated alkanes) is 1. The van der Waals surface area contributed by atoms with E-state index < -0.39 is 12.2 Å². The van der Waals surface area contributed by atoms with Crippen molar-refractivity contribution in [2.75, 3.05) is 13.2 Å². The van der Waals surface area contributed by atoms with Crippen LogP contribution in [0.3, 0.4) is 0 Å². The van der Waals surface area contributed by atoms with E-state index >= 15 is 0 Å². The van der Waals surface area contributed by atoms with Gasteiger partial charge in [0.25, 0.3) is 0 Å². The van der Waals surface area contributed by atoms with E-state index in [1.165, 1.54) is 12.1 Å². The summed E-state index contributed by atoms with van der Waals surface area (Å²) in [6.07, 6.45) is 3.38. The molecule has 0 saturated carbocycles. The molecule has 32 heavy (non-hydrogen) atoms. The average Bonchev–Trinajstić information content (AvgIpc) is 2.78. The van der Waals surface area contributed by atoms with Crippen LogP contribution < -0.4 is 4.74 Å². The molecular formula is C25H30Cl2O5. The second-order valence-corrected chi connectivity index (χ2v) is 8.34. The van der Waals surface area contributed by atoms with E-state index in [0.717, 1.165) is 30.4 Å². The summed E-state index contributed by atoms with van der Waals surface area (Å²) in [6.45, 7) is 2.25. The number of aromatic hydroxyl groups is 1. The lowest BCUT2D eigenvalue weighted by Crippen LogP contribution is -2.02. The minimum absolute atomic E-state index is 0.0550. The fourth-order valence-corrected chi connectivity index (χ4v) is 3.72. The highest BCUT2D eigenvalue weighted by atomic mass is 35.5. The van der Waals surface area contributed by atoms with Crippen molar-refractivity contribution in [3.63, 3.8) is 0 Å². The van der Waals surface area contributed by atoms with Gasteiger partial charge in [-0.25, -0.2) is 0 Å². The number of rotatable bonds is 12. The van der Waals surface area contributed by atoms with Gasteiger partial charge in [-0.05, 0) is 54.3 Å². The number of phenolic OH excluding ortho intramolecular Hbond substituents is 1. The fourth-order valence-electron chi connectivity index (χ4n) is 3.21. The van der Waals surface area contributed by atoms with Crippen LogP contribution in [0.1, 0.15) is 62.4 Å². The molecule has 2 aromatic carbocycles. The highest BCUT2D eigenvalue weighted by Crippen LogP contribution is 2.37. The van der Waals surface area contributed by atoms with Crippen molar-refractivity contribution in [1.29, 1.82) is 0 Å². The van der Waals surface area contributed by atoms with E-state index in [0.29, 0.717) is 17.2 Å². The summed E-state index contributed by atoms with van der Waals surface area (Å²) < 4.78 is 5.32. The Morgan fingerprint density at radius 2 is 1.84 bits per heavy atom. The van der Waals surface area contributed by atoms with Crippen LogP contribution in [-0.2, 0) is 0 Å². The van der Waals surface area contributed by atoms with Crippen molar-refractivity contribution in [3.8, 4) is 11.5 Å². The molecule has 0 aliphatic heterocycles. The Bertz CT molecular complexity index is 921.